The van der Waals surface area contributed by atoms with Crippen molar-refractivity contribution in [2.45, 2.75) is 13.5 Å². The van der Waals surface area contributed by atoms with E-state index in [0.717, 1.165) is 5.69 Å². The molecule has 11 nitrogen and oxygen atoms in total. The summed E-state index contributed by atoms with van der Waals surface area (Å²) in [5.74, 6) is -0.407. The van der Waals surface area contributed by atoms with Crippen LogP contribution in [0.3, 0.4) is 0 Å². The Morgan fingerprint density at radius 2 is 1.91 bits per heavy atom. The minimum Gasteiger partial charge on any atom is -0.378 e. The summed E-state index contributed by atoms with van der Waals surface area (Å²) in [7, 11) is 1.87. The lowest BCUT2D eigenvalue weighted by Gasteiger charge is -2.19. The molecule has 2 heterocycles. The summed E-state index contributed by atoms with van der Waals surface area (Å²) in [5, 5.41) is 20.2. The minimum absolute atomic E-state index is 0.0167. The number of carbonyl (C=O) groups is 1. The summed E-state index contributed by atoms with van der Waals surface area (Å²) in [6.07, 6.45) is 0. The molecule has 0 atom stereocenters. The molecule has 12 heteroatoms. The van der Waals surface area contributed by atoms with Gasteiger partial charge in [0.25, 0.3) is 5.91 Å². The summed E-state index contributed by atoms with van der Waals surface area (Å²) in [6.45, 7) is 2.00. The predicted molar refractivity (Wildman–Crippen MR) is 123 cm³/mol. The number of anilines is 2. The maximum atomic E-state index is 13.0. The van der Waals surface area contributed by atoms with E-state index in [0.29, 0.717) is 22.0 Å². The van der Waals surface area contributed by atoms with E-state index in [1.54, 1.807) is 13.0 Å². The molecule has 4 aromatic rings. The fourth-order valence-electron chi connectivity index (χ4n) is 3.13. The number of para-hydroxylation sites is 1. The van der Waals surface area contributed by atoms with Crippen LogP contribution < -0.4 is 16.1 Å². The summed E-state index contributed by atoms with van der Waals surface area (Å²) in [6, 6.07) is 16.8. The number of nitrogens with one attached hydrogen (secondary N) is 1. The zero-order valence-electron chi connectivity index (χ0n) is 17.8. The summed E-state index contributed by atoms with van der Waals surface area (Å²) >= 11 is 6.21. The van der Waals surface area contributed by atoms with Crippen molar-refractivity contribution in [3.8, 4) is 5.82 Å². The van der Waals surface area contributed by atoms with Gasteiger partial charge in [-0.25, -0.2) is 10.1 Å². The van der Waals surface area contributed by atoms with Crippen LogP contribution >= 0.6 is 11.6 Å². The molecule has 0 spiro atoms. The summed E-state index contributed by atoms with van der Waals surface area (Å²) in [5.41, 5.74) is 11.0. The summed E-state index contributed by atoms with van der Waals surface area (Å²) < 4.78 is 6.02. The van der Waals surface area contributed by atoms with Crippen LogP contribution in [0, 0.1) is 0 Å². The molecule has 0 saturated carbocycles. The lowest BCUT2D eigenvalue weighted by atomic mass is 10.1. The van der Waals surface area contributed by atoms with Crippen molar-refractivity contribution >= 4 is 34.7 Å². The number of hydrogen-bond donors (Lipinski definition) is 2. The van der Waals surface area contributed by atoms with Crippen LogP contribution in [-0.2, 0) is 6.54 Å². The first kappa shape index (κ1) is 22.0. The van der Waals surface area contributed by atoms with Gasteiger partial charge in [0.1, 0.15) is 0 Å². The van der Waals surface area contributed by atoms with Crippen LogP contribution in [0.5, 0.6) is 0 Å². The van der Waals surface area contributed by atoms with Crippen LogP contribution in [0.15, 0.2) is 64.3 Å². The SMILES string of the molecule is C/C(=N/NC(=O)c1nnn(-c2nonc2N)c1CN(C)c1ccccc1)c1ccccc1Cl. The third kappa shape index (κ3) is 4.67. The van der Waals surface area contributed by atoms with Crippen molar-refractivity contribution in [2.24, 2.45) is 5.10 Å². The second kappa shape index (κ2) is 9.49. The van der Waals surface area contributed by atoms with Gasteiger partial charge in [0.15, 0.2) is 5.69 Å². The first-order valence-corrected chi connectivity index (χ1v) is 10.2. The molecule has 4 rings (SSSR count). The van der Waals surface area contributed by atoms with Gasteiger partial charge in [0.05, 0.1) is 18.0 Å². The van der Waals surface area contributed by atoms with Gasteiger partial charge >= 0.3 is 0 Å². The van der Waals surface area contributed by atoms with Crippen molar-refractivity contribution in [1.82, 2.24) is 30.7 Å². The van der Waals surface area contributed by atoms with Gasteiger partial charge in [0.2, 0.25) is 11.6 Å². The molecular formula is C21H20ClN9O2. The molecule has 33 heavy (non-hydrogen) atoms. The normalized spacial score (nSPS) is 11.4. The highest BCUT2D eigenvalue weighted by Crippen LogP contribution is 2.20. The third-order valence-corrected chi connectivity index (χ3v) is 5.18. The van der Waals surface area contributed by atoms with Crippen molar-refractivity contribution in [3.05, 3.63) is 76.6 Å². The Morgan fingerprint density at radius 3 is 2.61 bits per heavy atom. The molecule has 0 bridgehead atoms. The fraction of sp³-hybridized carbons (Fsp3) is 0.143. The monoisotopic (exact) mass is 465 g/mol. The average molecular weight is 466 g/mol. The first-order valence-electron chi connectivity index (χ1n) is 9.84. The Labute approximate surface area is 193 Å². The maximum absolute atomic E-state index is 13.0. The lowest BCUT2D eigenvalue weighted by Crippen LogP contribution is -2.25. The maximum Gasteiger partial charge on any atom is 0.293 e. The van der Waals surface area contributed by atoms with E-state index in [4.69, 9.17) is 22.0 Å². The number of halogens is 1. The standard InChI is InChI=1S/C21H20ClN9O2/c1-13(15-10-6-7-11-16(15)22)24-26-21(32)18-17(12-30(2)14-8-4-3-5-9-14)31(29-25-18)20-19(23)27-33-28-20/h3-11H,12H2,1-2H3,(H2,23,27)(H,26,32)/b24-13-. The Hall–Kier alpha value is -4.25. The van der Waals surface area contributed by atoms with E-state index in [1.165, 1.54) is 4.68 Å². The minimum atomic E-state index is -0.556. The van der Waals surface area contributed by atoms with Crippen LogP contribution in [-0.4, -0.2) is 44.0 Å². The van der Waals surface area contributed by atoms with Crippen molar-refractivity contribution in [3.63, 3.8) is 0 Å². The number of rotatable bonds is 7. The molecule has 0 aliphatic rings. The largest absolute Gasteiger partial charge is 0.378 e. The number of hydrazone groups is 1. The Balaban J connectivity index is 1.65. The Morgan fingerprint density at radius 1 is 1.18 bits per heavy atom. The molecule has 1 amide bonds. The number of hydrogen-bond acceptors (Lipinski definition) is 9. The number of benzene rings is 2. The number of amides is 1. The molecular weight excluding hydrogens is 446 g/mol. The molecule has 0 saturated heterocycles. The highest BCUT2D eigenvalue weighted by molar-refractivity contribution is 6.34. The molecule has 3 N–H and O–H groups in total. The van der Waals surface area contributed by atoms with Gasteiger partial charge in [-0.1, -0.05) is 53.2 Å². The number of nitrogens with zero attached hydrogens (tertiary/aromatic N) is 7. The van der Waals surface area contributed by atoms with Gasteiger partial charge < -0.3 is 10.6 Å². The van der Waals surface area contributed by atoms with E-state index in [9.17, 15) is 4.79 Å². The van der Waals surface area contributed by atoms with E-state index in [-0.39, 0.29) is 23.9 Å². The van der Waals surface area contributed by atoms with Crippen LogP contribution in [0.2, 0.25) is 5.02 Å². The number of nitrogen functional groups attached to an aromatic ring is 1. The van der Waals surface area contributed by atoms with E-state index < -0.39 is 5.91 Å². The zero-order chi connectivity index (χ0) is 23.4. The van der Waals surface area contributed by atoms with Crippen LogP contribution in [0.1, 0.15) is 28.7 Å². The zero-order valence-corrected chi connectivity index (χ0v) is 18.6. The van der Waals surface area contributed by atoms with Crippen molar-refractivity contribution in [2.75, 3.05) is 17.7 Å². The molecule has 2 aromatic carbocycles. The van der Waals surface area contributed by atoms with Gasteiger partial charge in [0, 0.05) is 23.3 Å². The lowest BCUT2D eigenvalue weighted by molar-refractivity contribution is 0.0949. The molecule has 168 valence electrons. The second-order valence-corrected chi connectivity index (χ2v) is 7.49. The topological polar surface area (TPSA) is 140 Å². The predicted octanol–water partition coefficient (Wildman–Crippen LogP) is 2.68. The van der Waals surface area contributed by atoms with Gasteiger partial charge in [-0.2, -0.15) is 9.78 Å². The third-order valence-electron chi connectivity index (χ3n) is 4.85. The van der Waals surface area contributed by atoms with Crippen molar-refractivity contribution in [1.29, 1.82) is 0 Å². The van der Waals surface area contributed by atoms with E-state index in [1.807, 2.05) is 60.5 Å². The van der Waals surface area contributed by atoms with Crippen LogP contribution in [0.25, 0.3) is 5.82 Å². The highest BCUT2D eigenvalue weighted by Gasteiger charge is 2.25. The van der Waals surface area contributed by atoms with Gasteiger partial charge in [-0.15, -0.1) is 5.10 Å². The second-order valence-electron chi connectivity index (χ2n) is 7.08. The molecule has 0 fully saturated rings. The van der Waals surface area contributed by atoms with Gasteiger partial charge in [-0.3, -0.25) is 4.79 Å². The quantitative estimate of drug-likeness (QED) is 0.313. The molecule has 2 aromatic heterocycles. The number of nitrogens with two attached hydrogens (primary N) is 1. The smallest absolute Gasteiger partial charge is 0.293 e. The van der Waals surface area contributed by atoms with Crippen molar-refractivity contribution < 1.29 is 9.42 Å². The van der Waals surface area contributed by atoms with Crippen LogP contribution in [0.4, 0.5) is 11.5 Å². The van der Waals surface area contributed by atoms with E-state index >= 15 is 0 Å². The van der Waals surface area contributed by atoms with E-state index in [2.05, 4.69) is 31.2 Å². The molecule has 0 unspecified atom stereocenters. The molecule has 0 radical (unpaired) electrons. The summed E-state index contributed by atoms with van der Waals surface area (Å²) in [4.78, 5) is 14.9. The molecule has 0 aliphatic heterocycles. The molecule has 0 aliphatic carbocycles. The average Bonchev–Trinajstić information content (AvgIpc) is 3.43. The fourth-order valence-corrected chi connectivity index (χ4v) is 3.40. The highest BCUT2D eigenvalue weighted by atomic mass is 35.5. The Bertz CT molecular complexity index is 1300. The van der Waals surface area contributed by atoms with Gasteiger partial charge in [-0.05, 0) is 35.4 Å². The first-order chi connectivity index (χ1) is 16.0. The number of carbonyl (C=O) groups excluding carboxylic acids is 1. The number of aromatic nitrogens is 5. The Kier molecular flexibility index (Phi) is 6.31.